The number of ketones is 1. The summed E-state index contributed by atoms with van der Waals surface area (Å²) in [6, 6.07) is 0. The number of unbranched alkanes of at least 4 members (excludes halogenated alkanes) is 1. The second-order valence-electron chi connectivity index (χ2n) is 9.28. The van der Waals surface area contributed by atoms with Crippen molar-refractivity contribution in [3.63, 3.8) is 0 Å². The maximum atomic E-state index is 12.2. The number of aliphatic hydroxyl groups is 1. The van der Waals surface area contributed by atoms with Gasteiger partial charge in [-0.3, -0.25) is 9.59 Å². The Balaban J connectivity index is 1.74. The van der Waals surface area contributed by atoms with E-state index in [-0.39, 0.29) is 29.5 Å². The molecule has 5 atom stereocenters. The first-order valence-corrected chi connectivity index (χ1v) is 10.5. The van der Waals surface area contributed by atoms with Crippen molar-refractivity contribution in [2.75, 3.05) is 0 Å². The molecule has 2 aliphatic carbocycles. The third kappa shape index (κ3) is 7.25. The summed E-state index contributed by atoms with van der Waals surface area (Å²) in [6.07, 6.45) is 14.1. The van der Waals surface area contributed by atoms with Gasteiger partial charge in [-0.05, 0) is 49.0 Å². The van der Waals surface area contributed by atoms with Crippen LogP contribution >= 0.6 is 0 Å². The van der Waals surface area contributed by atoms with Crippen LogP contribution in [-0.2, 0) is 9.59 Å². The van der Waals surface area contributed by atoms with Gasteiger partial charge in [-0.1, -0.05) is 58.3 Å². The molecule has 0 saturated heterocycles. The first-order chi connectivity index (χ1) is 12.7. The Bertz CT molecular complexity index is 575. The van der Waals surface area contributed by atoms with Gasteiger partial charge in [-0.25, -0.2) is 0 Å². The van der Waals surface area contributed by atoms with E-state index in [1.54, 1.807) is 6.08 Å². The zero-order chi connectivity index (χ0) is 20.0. The number of carboxylic acid groups (broad SMARTS) is 1. The average Bonchev–Trinajstić information content (AvgIpc) is 3.23. The summed E-state index contributed by atoms with van der Waals surface area (Å²) < 4.78 is 0. The largest absolute Gasteiger partial charge is 0.481 e. The van der Waals surface area contributed by atoms with Gasteiger partial charge in [-0.15, -0.1) is 0 Å². The summed E-state index contributed by atoms with van der Waals surface area (Å²) in [5.41, 5.74) is -0.202. The van der Waals surface area contributed by atoms with Crippen LogP contribution in [0, 0.1) is 29.1 Å². The van der Waals surface area contributed by atoms with Crippen molar-refractivity contribution in [3.05, 3.63) is 24.3 Å². The van der Waals surface area contributed by atoms with Crippen molar-refractivity contribution in [3.8, 4) is 0 Å². The monoisotopic (exact) mass is 376 g/mol. The number of aliphatic hydroxyl groups excluding tert-OH is 1. The summed E-state index contributed by atoms with van der Waals surface area (Å²) in [7, 11) is 0. The molecule has 0 aliphatic heterocycles. The van der Waals surface area contributed by atoms with Gasteiger partial charge in [0.15, 0.2) is 5.78 Å². The van der Waals surface area contributed by atoms with Crippen molar-refractivity contribution in [1.82, 2.24) is 0 Å². The maximum Gasteiger partial charge on any atom is 0.303 e. The van der Waals surface area contributed by atoms with E-state index >= 15 is 0 Å². The number of carbonyl (C=O) groups is 2. The smallest absolute Gasteiger partial charge is 0.303 e. The van der Waals surface area contributed by atoms with Crippen molar-refractivity contribution < 1.29 is 19.8 Å². The van der Waals surface area contributed by atoms with Gasteiger partial charge in [0.1, 0.15) is 0 Å². The van der Waals surface area contributed by atoms with Gasteiger partial charge in [0.25, 0.3) is 0 Å². The van der Waals surface area contributed by atoms with E-state index in [2.05, 4.69) is 6.92 Å². The molecule has 0 spiro atoms. The molecular formula is C23H36O4. The van der Waals surface area contributed by atoms with Crippen LogP contribution in [0.1, 0.15) is 72.1 Å². The number of hydrogen-bond acceptors (Lipinski definition) is 3. The number of carboxylic acids is 1. The number of allylic oxidation sites excluding steroid dienone is 3. The van der Waals surface area contributed by atoms with E-state index in [4.69, 9.17) is 5.11 Å². The lowest BCUT2D eigenvalue weighted by molar-refractivity contribution is -0.139. The zero-order valence-electron chi connectivity index (χ0n) is 17.1. The highest BCUT2D eigenvalue weighted by Crippen LogP contribution is 2.44. The van der Waals surface area contributed by atoms with Gasteiger partial charge in [-0.2, -0.15) is 0 Å². The Kier molecular flexibility index (Phi) is 7.84. The average molecular weight is 377 g/mol. The molecule has 3 unspecified atom stereocenters. The van der Waals surface area contributed by atoms with Crippen molar-refractivity contribution in [2.24, 2.45) is 29.1 Å². The quantitative estimate of drug-likeness (QED) is 0.380. The van der Waals surface area contributed by atoms with Crippen molar-refractivity contribution in [2.45, 2.75) is 78.2 Å². The Labute approximate surface area is 163 Å². The van der Waals surface area contributed by atoms with Crippen LogP contribution in [0.5, 0.6) is 0 Å². The number of rotatable bonds is 12. The van der Waals surface area contributed by atoms with Crippen molar-refractivity contribution >= 4 is 11.8 Å². The minimum Gasteiger partial charge on any atom is -0.481 e. The summed E-state index contributed by atoms with van der Waals surface area (Å²) in [5.74, 6) is 0.938. The van der Waals surface area contributed by atoms with E-state index in [0.717, 1.165) is 38.0 Å². The lowest BCUT2D eigenvalue weighted by Crippen LogP contribution is -2.18. The maximum absolute atomic E-state index is 12.2. The van der Waals surface area contributed by atoms with Crippen molar-refractivity contribution in [1.29, 1.82) is 0 Å². The first-order valence-electron chi connectivity index (χ1n) is 10.5. The Morgan fingerprint density at radius 2 is 2.07 bits per heavy atom. The summed E-state index contributed by atoms with van der Waals surface area (Å²) >= 11 is 0. The minimum absolute atomic E-state index is 0.0275. The van der Waals surface area contributed by atoms with E-state index in [9.17, 15) is 14.7 Å². The SMILES string of the molecule is CCC1CC1CC(O)/C=C/[C@H]1C=CC(=O)[C@@H]1CCCCC(C)(C)CC(=O)O. The van der Waals surface area contributed by atoms with E-state index in [0.29, 0.717) is 5.92 Å². The minimum atomic E-state index is -0.754. The lowest BCUT2D eigenvalue weighted by atomic mass is 9.82. The summed E-state index contributed by atoms with van der Waals surface area (Å²) in [6.45, 7) is 6.17. The molecule has 0 aromatic heterocycles. The molecule has 0 amide bonds. The molecule has 2 aliphatic rings. The van der Waals surface area contributed by atoms with Crippen LogP contribution < -0.4 is 0 Å². The number of hydrogen-bond donors (Lipinski definition) is 2. The topological polar surface area (TPSA) is 74.6 Å². The molecule has 0 heterocycles. The van der Waals surface area contributed by atoms with Crippen LogP contribution in [-0.4, -0.2) is 28.1 Å². The molecule has 152 valence electrons. The fourth-order valence-corrected chi connectivity index (χ4v) is 4.40. The summed E-state index contributed by atoms with van der Waals surface area (Å²) in [4.78, 5) is 23.1. The molecule has 0 aromatic carbocycles. The van der Waals surface area contributed by atoms with E-state index in [1.807, 2.05) is 32.1 Å². The van der Waals surface area contributed by atoms with Gasteiger partial charge in [0.05, 0.1) is 12.5 Å². The van der Waals surface area contributed by atoms with Crippen LogP contribution in [0.3, 0.4) is 0 Å². The molecule has 1 fully saturated rings. The fraction of sp³-hybridized carbons (Fsp3) is 0.739. The molecule has 2 rings (SSSR count). The van der Waals surface area contributed by atoms with Crippen LogP contribution in [0.25, 0.3) is 0 Å². The standard InChI is InChI=1S/C23H36O4/c1-4-16-13-18(16)14-19(24)10-8-17-9-11-21(25)20(17)7-5-6-12-23(2,3)15-22(26)27/h8-11,16-20,24H,4-7,12-15H2,1-3H3,(H,26,27)/b10-8+/t16?,17-,18?,19?,20+/m0/s1. The molecule has 4 nitrogen and oxygen atoms in total. The first kappa shape index (κ1) is 21.9. The van der Waals surface area contributed by atoms with Crippen LogP contribution in [0.15, 0.2) is 24.3 Å². The van der Waals surface area contributed by atoms with E-state index < -0.39 is 12.1 Å². The zero-order valence-corrected chi connectivity index (χ0v) is 17.1. The second-order valence-corrected chi connectivity index (χ2v) is 9.28. The Hall–Kier alpha value is -1.42. The van der Waals surface area contributed by atoms with Gasteiger partial charge >= 0.3 is 5.97 Å². The molecule has 0 aromatic rings. The highest BCUT2D eigenvalue weighted by Gasteiger charge is 2.36. The number of carbonyl (C=O) groups excluding carboxylic acids is 1. The van der Waals surface area contributed by atoms with Gasteiger partial charge in [0, 0.05) is 11.8 Å². The summed E-state index contributed by atoms with van der Waals surface area (Å²) in [5, 5.41) is 19.2. The Morgan fingerprint density at radius 3 is 2.70 bits per heavy atom. The molecule has 1 saturated carbocycles. The molecule has 0 bridgehead atoms. The highest BCUT2D eigenvalue weighted by atomic mass is 16.4. The molecule has 4 heteroatoms. The molecule has 0 radical (unpaired) electrons. The highest BCUT2D eigenvalue weighted by molar-refractivity contribution is 5.94. The van der Waals surface area contributed by atoms with Crippen LogP contribution in [0.2, 0.25) is 0 Å². The third-order valence-corrected chi connectivity index (χ3v) is 6.25. The predicted molar refractivity (Wildman–Crippen MR) is 107 cm³/mol. The van der Waals surface area contributed by atoms with Gasteiger partial charge in [0.2, 0.25) is 0 Å². The predicted octanol–water partition coefficient (Wildman–Crippen LogP) is 4.77. The van der Waals surface area contributed by atoms with Gasteiger partial charge < -0.3 is 10.2 Å². The normalized spacial score (nSPS) is 28.8. The van der Waals surface area contributed by atoms with E-state index in [1.165, 1.54) is 12.8 Å². The second kappa shape index (κ2) is 9.68. The Morgan fingerprint density at radius 1 is 1.33 bits per heavy atom. The fourth-order valence-electron chi connectivity index (χ4n) is 4.40. The molecule has 27 heavy (non-hydrogen) atoms. The molecular weight excluding hydrogens is 340 g/mol. The lowest BCUT2D eigenvalue weighted by Gasteiger charge is -2.22. The van der Waals surface area contributed by atoms with Crippen LogP contribution in [0.4, 0.5) is 0 Å². The third-order valence-electron chi connectivity index (χ3n) is 6.25. The molecule has 2 N–H and O–H groups in total. The number of aliphatic carboxylic acids is 1.